The molecule has 20 heavy (non-hydrogen) atoms. The summed E-state index contributed by atoms with van der Waals surface area (Å²) in [6.45, 7) is -0.250. The molecule has 2 heterocycles. The van der Waals surface area contributed by atoms with Crippen molar-refractivity contribution in [2.24, 2.45) is 0 Å². The number of epoxide rings is 2. The fourth-order valence-corrected chi connectivity index (χ4v) is 3.12. The number of aliphatic carboxylic acids is 1. The fraction of sp³-hybridized carbons (Fsp3) is 0.857. The van der Waals surface area contributed by atoms with Crippen LogP contribution in [-0.4, -0.2) is 46.6 Å². The van der Waals surface area contributed by atoms with Crippen LogP contribution in [0.2, 0.25) is 0 Å². The summed E-state index contributed by atoms with van der Waals surface area (Å²) < 4.78 is 10.4. The predicted octanol–water partition coefficient (Wildman–Crippen LogP) is 1.81. The Kier molecular flexibility index (Phi) is 4.99. The van der Waals surface area contributed by atoms with Crippen LogP contribution in [0.5, 0.6) is 0 Å². The van der Waals surface area contributed by atoms with E-state index in [4.69, 9.17) is 24.5 Å². The summed E-state index contributed by atoms with van der Waals surface area (Å²) in [6.07, 6.45) is 10.7. The zero-order chi connectivity index (χ0) is 14.6. The Hall–Kier alpha value is -1.14. The maximum absolute atomic E-state index is 10.6. The summed E-state index contributed by atoms with van der Waals surface area (Å²) in [4.78, 5) is 19.0. The molecule has 4 aliphatic rings. The highest BCUT2D eigenvalue weighted by Gasteiger charge is 2.63. The van der Waals surface area contributed by atoms with Gasteiger partial charge in [-0.25, -0.2) is 4.79 Å². The van der Waals surface area contributed by atoms with Gasteiger partial charge in [-0.15, -0.1) is 0 Å². The van der Waals surface area contributed by atoms with Crippen molar-refractivity contribution in [3.8, 4) is 0 Å². The molecule has 6 heteroatoms. The van der Waals surface area contributed by atoms with E-state index in [1.807, 2.05) is 0 Å². The van der Waals surface area contributed by atoms with Crippen molar-refractivity contribution >= 4 is 12.4 Å². The number of hydrogen-bond acceptors (Lipinski definition) is 4. The second kappa shape index (κ2) is 6.54. The fourth-order valence-electron chi connectivity index (χ4n) is 3.12. The molecule has 6 nitrogen and oxygen atoms in total. The first-order chi connectivity index (χ1) is 9.64. The van der Waals surface area contributed by atoms with Crippen molar-refractivity contribution in [3.05, 3.63) is 0 Å². The third-order valence-corrected chi connectivity index (χ3v) is 4.36. The van der Waals surface area contributed by atoms with Gasteiger partial charge in [0.1, 0.15) is 0 Å². The largest absolute Gasteiger partial charge is 0.483 e. The zero-order valence-corrected chi connectivity index (χ0v) is 11.5. The Morgan fingerprint density at radius 1 is 1.10 bits per heavy atom. The summed E-state index contributed by atoms with van der Waals surface area (Å²) in [5.41, 5.74) is -0.738. The molecular formula is C14H22O6. The van der Waals surface area contributed by atoms with E-state index in [2.05, 4.69) is 0 Å². The monoisotopic (exact) mass is 286 g/mol. The van der Waals surface area contributed by atoms with Gasteiger partial charge in [0, 0.05) is 0 Å². The van der Waals surface area contributed by atoms with E-state index in [-0.39, 0.29) is 12.6 Å². The molecule has 0 amide bonds. The lowest BCUT2D eigenvalue weighted by molar-refractivity contribution is -0.143. The number of carboxylic acid groups (broad SMARTS) is 2. The standard InChI is InChI=1S/C7H10O3.C6H10O.CH2O2/c8-6(9)7-4-2-1-3-5(7)10-7;1-2-4-6-5(3-1)7-6;2-1-3/h5H,1-4H2,(H,8,9);5-6H,1-4H2;1H,(H,2,3). The normalized spacial score (nSPS) is 39.5. The lowest BCUT2D eigenvalue weighted by atomic mass is 9.89. The third kappa shape index (κ3) is 3.49. The molecule has 4 unspecified atom stereocenters. The average Bonchev–Trinajstić information content (AvgIpc) is 3.33. The number of fused-ring (bicyclic) bond motifs is 2. The third-order valence-electron chi connectivity index (χ3n) is 4.36. The smallest absolute Gasteiger partial charge is 0.338 e. The van der Waals surface area contributed by atoms with E-state index >= 15 is 0 Å². The highest BCUT2D eigenvalue weighted by atomic mass is 16.6. The first-order valence-electron chi connectivity index (χ1n) is 7.28. The maximum Gasteiger partial charge on any atom is 0.338 e. The van der Waals surface area contributed by atoms with Crippen molar-refractivity contribution in [3.63, 3.8) is 0 Å². The second-order valence-electron chi connectivity index (χ2n) is 5.65. The van der Waals surface area contributed by atoms with Crippen molar-refractivity contribution in [1.29, 1.82) is 0 Å². The summed E-state index contributed by atoms with van der Waals surface area (Å²) in [5, 5.41) is 15.6. The predicted molar refractivity (Wildman–Crippen MR) is 69.5 cm³/mol. The summed E-state index contributed by atoms with van der Waals surface area (Å²) in [6, 6.07) is 0. The van der Waals surface area contributed by atoms with Gasteiger partial charge in [0.2, 0.25) is 0 Å². The SMILES string of the molecule is C1CCC2OC2C1.O=C(O)C12CCCCC1O2.O=CO. The molecular weight excluding hydrogens is 264 g/mol. The Morgan fingerprint density at radius 3 is 2.05 bits per heavy atom. The van der Waals surface area contributed by atoms with Crippen LogP contribution in [0.1, 0.15) is 51.4 Å². The van der Waals surface area contributed by atoms with Crippen LogP contribution in [0.3, 0.4) is 0 Å². The summed E-state index contributed by atoms with van der Waals surface area (Å²) in [5.74, 6) is -0.766. The van der Waals surface area contributed by atoms with Crippen LogP contribution in [-0.2, 0) is 19.1 Å². The van der Waals surface area contributed by atoms with Crippen molar-refractivity contribution in [1.82, 2.24) is 0 Å². The maximum atomic E-state index is 10.6. The van der Waals surface area contributed by atoms with E-state index in [9.17, 15) is 4.79 Å². The molecule has 0 aromatic heterocycles. The molecule has 0 radical (unpaired) electrons. The van der Waals surface area contributed by atoms with Gasteiger partial charge in [-0.2, -0.15) is 0 Å². The minimum absolute atomic E-state index is 0.0405. The Bertz CT molecular complexity index is 348. The molecule has 2 saturated heterocycles. The summed E-state index contributed by atoms with van der Waals surface area (Å²) >= 11 is 0. The lowest BCUT2D eigenvalue weighted by Crippen LogP contribution is -2.29. The van der Waals surface area contributed by atoms with Crippen molar-refractivity contribution in [2.75, 3.05) is 0 Å². The highest BCUT2D eigenvalue weighted by Crippen LogP contribution is 2.47. The minimum atomic E-state index is -0.766. The molecule has 2 N–H and O–H groups in total. The summed E-state index contributed by atoms with van der Waals surface area (Å²) in [7, 11) is 0. The van der Waals surface area contributed by atoms with Gasteiger partial charge >= 0.3 is 5.97 Å². The van der Waals surface area contributed by atoms with Gasteiger partial charge in [0.25, 0.3) is 6.47 Å². The van der Waals surface area contributed by atoms with Crippen LogP contribution in [0.15, 0.2) is 0 Å². The molecule has 2 saturated carbocycles. The first-order valence-corrected chi connectivity index (χ1v) is 7.28. The van der Waals surface area contributed by atoms with Gasteiger partial charge in [0.15, 0.2) is 5.60 Å². The Balaban J connectivity index is 0.000000128. The van der Waals surface area contributed by atoms with Crippen LogP contribution < -0.4 is 0 Å². The zero-order valence-electron chi connectivity index (χ0n) is 11.5. The molecule has 4 atom stereocenters. The molecule has 0 bridgehead atoms. The highest BCUT2D eigenvalue weighted by molar-refractivity contribution is 5.81. The number of rotatable bonds is 1. The molecule has 4 fully saturated rings. The van der Waals surface area contributed by atoms with E-state index < -0.39 is 11.6 Å². The molecule has 0 aromatic rings. The van der Waals surface area contributed by atoms with Gasteiger partial charge in [-0.05, 0) is 32.1 Å². The number of carbonyl (C=O) groups is 2. The van der Waals surface area contributed by atoms with Gasteiger partial charge in [0.05, 0.1) is 18.3 Å². The van der Waals surface area contributed by atoms with Gasteiger partial charge in [-0.3, -0.25) is 4.79 Å². The molecule has 114 valence electrons. The quantitative estimate of drug-likeness (QED) is 0.563. The topological polar surface area (TPSA) is 99.7 Å². The Morgan fingerprint density at radius 2 is 1.65 bits per heavy atom. The van der Waals surface area contributed by atoms with E-state index in [1.54, 1.807) is 0 Å². The second-order valence-corrected chi connectivity index (χ2v) is 5.65. The van der Waals surface area contributed by atoms with Gasteiger partial charge in [-0.1, -0.05) is 19.3 Å². The number of ether oxygens (including phenoxy) is 2. The van der Waals surface area contributed by atoms with E-state index in [1.165, 1.54) is 25.7 Å². The molecule has 0 spiro atoms. The molecule has 0 aromatic carbocycles. The minimum Gasteiger partial charge on any atom is -0.483 e. The molecule has 2 aliphatic heterocycles. The van der Waals surface area contributed by atoms with E-state index in [0.29, 0.717) is 18.6 Å². The molecule has 4 rings (SSSR count). The van der Waals surface area contributed by atoms with Crippen molar-refractivity contribution in [2.45, 2.75) is 75.3 Å². The van der Waals surface area contributed by atoms with Gasteiger partial charge < -0.3 is 19.7 Å². The first kappa shape index (κ1) is 15.3. The number of carboxylic acids is 1. The van der Waals surface area contributed by atoms with Crippen LogP contribution in [0.4, 0.5) is 0 Å². The number of hydrogen-bond donors (Lipinski definition) is 2. The average molecular weight is 286 g/mol. The van der Waals surface area contributed by atoms with Crippen LogP contribution >= 0.6 is 0 Å². The van der Waals surface area contributed by atoms with E-state index in [0.717, 1.165) is 19.3 Å². The Labute approximate surface area is 118 Å². The van der Waals surface area contributed by atoms with Crippen LogP contribution in [0.25, 0.3) is 0 Å². The van der Waals surface area contributed by atoms with Crippen LogP contribution in [0, 0.1) is 0 Å². The van der Waals surface area contributed by atoms with Crippen molar-refractivity contribution < 1.29 is 29.3 Å². The lowest BCUT2D eigenvalue weighted by Gasteiger charge is -2.11. The molecule has 2 aliphatic carbocycles.